The van der Waals surface area contributed by atoms with Gasteiger partial charge in [-0.25, -0.2) is 4.79 Å². The van der Waals surface area contributed by atoms with E-state index in [2.05, 4.69) is 46.3 Å². The molecule has 0 aromatic rings. The summed E-state index contributed by atoms with van der Waals surface area (Å²) in [5, 5.41) is 10.7. The van der Waals surface area contributed by atoms with E-state index in [-0.39, 0.29) is 34.7 Å². The molecule has 212 valence electrons. The van der Waals surface area contributed by atoms with Gasteiger partial charge in [-0.2, -0.15) is 13.2 Å². The van der Waals surface area contributed by atoms with Crippen molar-refractivity contribution >= 4 is 11.9 Å². The molecular formula is C30H47F3O4. The van der Waals surface area contributed by atoms with Crippen molar-refractivity contribution in [3.05, 3.63) is 0 Å². The van der Waals surface area contributed by atoms with Crippen molar-refractivity contribution in [3.63, 3.8) is 0 Å². The summed E-state index contributed by atoms with van der Waals surface area (Å²) in [6.07, 6.45) is 3.77. The zero-order chi connectivity index (χ0) is 27.6. The normalized spacial score (nSPS) is 42.8. The average molecular weight is 529 g/mol. The van der Waals surface area contributed by atoms with Gasteiger partial charge in [0.2, 0.25) is 0 Å². The lowest BCUT2D eigenvalue weighted by molar-refractivity contribution is -0.202. The summed E-state index contributed by atoms with van der Waals surface area (Å²) in [6, 6.07) is 0. The number of carbonyl (C=O) groups is 2. The molecule has 10 atom stereocenters. The number of esters is 2. The molecule has 4 aliphatic carbocycles. The fourth-order valence-electron chi connectivity index (χ4n) is 10.4. The first-order valence-electron chi connectivity index (χ1n) is 14.5. The third-order valence-corrected chi connectivity index (χ3v) is 11.8. The Morgan fingerprint density at radius 2 is 1.68 bits per heavy atom. The number of rotatable bonds is 4. The minimum atomic E-state index is -5.15. The number of carbonyl (C=O) groups excluding carboxylic acids is 2. The number of ether oxygens (including phenoxy) is 1. The van der Waals surface area contributed by atoms with E-state index >= 15 is 0 Å². The second-order valence-electron chi connectivity index (χ2n) is 14.6. The molecule has 0 aromatic heterocycles. The molecule has 1 N–H and O–H groups in total. The Morgan fingerprint density at radius 1 is 1.00 bits per heavy atom. The Balaban J connectivity index is 1.46. The van der Waals surface area contributed by atoms with Crippen LogP contribution < -0.4 is 0 Å². The predicted molar refractivity (Wildman–Crippen MR) is 135 cm³/mol. The van der Waals surface area contributed by atoms with E-state index in [0.29, 0.717) is 41.9 Å². The summed E-state index contributed by atoms with van der Waals surface area (Å²) < 4.78 is 41.3. The fourth-order valence-corrected chi connectivity index (χ4v) is 10.4. The van der Waals surface area contributed by atoms with Crippen molar-refractivity contribution in [3.8, 4) is 0 Å². The smallest absolute Gasteiger partial charge is 0.393 e. The summed E-state index contributed by atoms with van der Waals surface area (Å²) in [6.45, 7) is 14.1. The molecule has 0 saturated heterocycles. The highest BCUT2D eigenvalue weighted by molar-refractivity contribution is 5.88. The van der Waals surface area contributed by atoms with Gasteiger partial charge in [0, 0.05) is 6.42 Å². The SMILES string of the molecule is C[C@H](CCC(=O)OC(=O)C(F)(F)F)[C@H]1CC[C@H]2[C@@H]3CCC4C[C@H](O)CC(C(C)(C)C)[C@]4(C)[C@H]3CC[C@]12C. The van der Waals surface area contributed by atoms with Crippen molar-refractivity contribution in [2.45, 2.75) is 118 Å². The molecule has 37 heavy (non-hydrogen) atoms. The number of hydrogen-bond donors (Lipinski definition) is 1. The minimum Gasteiger partial charge on any atom is -0.393 e. The van der Waals surface area contributed by atoms with Gasteiger partial charge in [-0.1, -0.05) is 41.5 Å². The largest absolute Gasteiger partial charge is 0.491 e. The van der Waals surface area contributed by atoms with Gasteiger partial charge in [-0.15, -0.1) is 0 Å². The molecule has 0 spiro atoms. The van der Waals surface area contributed by atoms with Crippen molar-refractivity contribution in [2.24, 2.45) is 57.7 Å². The van der Waals surface area contributed by atoms with E-state index in [1.807, 2.05) is 0 Å². The Kier molecular flexibility index (Phi) is 7.66. The minimum absolute atomic E-state index is 0.145. The highest BCUT2D eigenvalue weighted by Gasteiger charge is 2.63. The van der Waals surface area contributed by atoms with Gasteiger partial charge in [0.15, 0.2) is 0 Å². The van der Waals surface area contributed by atoms with Gasteiger partial charge in [0.25, 0.3) is 0 Å². The number of aliphatic hydroxyl groups is 1. The van der Waals surface area contributed by atoms with E-state index in [1.165, 1.54) is 25.7 Å². The van der Waals surface area contributed by atoms with Crippen LogP contribution >= 0.6 is 0 Å². The number of aliphatic hydroxyl groups excluding tert-OH is 1. The van der Waals surface area contributed by atoms with Crippen LogP contribution in [0.25, 0.3) is 0 Å². The molecule has 4 fully saturated rings. The third kappa shape index (κ3) is 5.12. The van der Waals surface area contributed by atoms with Gasteiger partial charge in [0.1, 0.15) is 0 Å². The Morgan fingerprint density at radius 3 is 2.30 bits per heavy atom. The van der Waals surface area contributed by atoms with E-state index in [0.717, 1.165) is 25.7 Å². The summed E-state index contributed by atoms with van der Waals surface area (Å²) in [5.74, 6) is 0.120. The third-order valence-electron chi connectivity index (χ3n) is 11.8. The molecule has 4 aliphatic rings. The quantitative estimate of drug-likeness (QED) is 0.307. The Hall–Kier alpha value is -1.11. The lowest BCUT2D eigenvalue weighted by Crippen LogP contribution is -2.59. The van der Waals surface area contributed by atoms with Gasteiger partial charge in [-0.3, -0.25) is 4.79 Å². The van der Waals surface area contributed by atoms with Crippen molar-refractivity contribution < 1.29 is 32.6 Å². The first kappa shape index (κ1) is 28.9. The van der Waals surface area contributed by atoms with Crippen LogP contribution in [-0.2, 0) is 14.3 Å². The fraction of sp³-hybridized carbons (Fsp3) is 0.933. The number of alkyl halides is 3. The van der Waals surface area contributed by atoms with Crippen LogP contribution in [0, 0.1) is 57.7 Å². The first-order valence-corrected chi connectivity index (χ1v) is 14.5. The summed E-state index contributed by atoms with van der Waals surface area (Å²) in [4.78, 5) is 22.9. The second-order valence-corrected chi connectivity index (χ2v) is 14.6. The maximum atomic E-state index is 12.4. The van der Waals surface area contributed by atoms with E-state index in [4.69, 9.17) is 0 Å². The summed E-state index contributed by atoms with van der Waals surface area (Å²) in [7, 11) is 0. The second kappa shape index (κ2) is 9.82. The topological polar surface area (TPSA) is 63.6 Å². The molecule has 4 nitrogen and oxygen atoms in total. The van der Waals surface area contributed by atoms with Gasteiger partial charge in [0.05, 0.1) is 6.10 Å². The van der Waals surface area contributed by atoms with Crippen molar-refractivity contribution in [1.82, 2.24) is 0 Å². The van der Waals surface area contributed by atoms with Crippen molar-refractivity contribution in [2.75, 3.05) is 0 Å². The van der Waals surface area contributed by atoms with Crippen LogP contribution in [0.1, 0.15) is 106 Å². The molecule has 4 saturated carbocycles. The lowest BCUT2D eigenvalue weighted by atomic mass is 9.40. The summed E-state index contributed by atoms with van der Waals surface area (Å²) in [5.41, 5.74) is 0.549. The predicted octanol–water partition coefficient (Wildman–Crippen LogP) is 7.33. The molecule has 0 bridgehead atoms. The molecular weight excluding hydrogens is 481 g/mol. The van der Waals surface area contributed by atoms with Crippen LogP contribution in [0.3, 0.4) is 0 Å². The van der Waals surface area contributed by atoms with Gasteiger partial charge >= 0.3 is 18.1 Å². The molecule has 2 unspecified atom stereocenters. The number of fused-ring (bicyclic) bond motifs is 5. The first-order chi connectivity index (χ1) is 17.0. The van der Waals surface area contributed by atoms with Crippen LogP contribution in [0.2, 0.25) is 0 Å². The molecule has 0 radical (unpaired) electrons. The zero-order valence-electron chi connectivity index (χ0n) is 23.5. The van der Waals surface area contributed by atoms with E-state index in [9.17, 15) is 27.9 Å². The molecule has 0 amide bonds. The number of halogens is 3. The van der Waals surface area contributed by atoms with Gasteiger partial charge in [-0.05, 0) is 115 Å². The molecule has 0 aromatic carbocycles. The number of hydrogen-bond acceptors (Lipinski definition) is 4. The standard InChI is InChI=1S/C30H47F3O4/c1-17(7-12-25(35)37-26(36)30(31,32)33)21-10-11-22-20-9-8-18-15-19(34)16-24(27(2,3)4)29(18,6)23(20)13-14-28(21,22)5/h17-24,34H,7-16H2,1-6H3/t17-,18?,19+,20+,21-,22+,23+,24?,28-,29+/m1/s1. The zero-order valence-corrected chi connectivity index (χ0v) is 23.5. The molecule has 4 rings (SSSR count). The van der Waals surface area contributed by atoms with Crippen molar-refractivity contribution in [1.29, 1.82) is 0 Å². The monoisotopic (exact) mass is 528 g/mol. The molecule has 0 aliphatic heterocycles. The lowest BCUT2D eigenvalue weighted by Gasteiger charge is -2.65. The van der Waals surface area contributed by atoms with E-state index in [1.54, 1.807) is 0 Å². The Labute approximate surface area is 220 Å². The highest BCUT2D eigenvalue weighted by Crippen LogP contribution is 2.70. The Bertz CT molecular complexity index is 879. The maximum absolute atomic E-state index is 12.4. The molecule has 7 heteroatoms. The van der Waals surface area contributed by atoms with Gasteiger partial charge < -0.3 is 9.84 Å². The average Bonchev–Trinajstić information content (AvgIpc) is 3.13. The highest BCUT2D eigenvalue weighted by atomic mass is 19.4. The maximum Gasteiger partial charge on any atom is 0.491 e. The van der Waals surface area contributed by atoms with Crippen LogP contribution in [0.15, 0.2) is 0 Å². The van der Waals surface area contributed by atoms with E-state index < -0.39 is 18.1 Å². The summed E-state index contributed by atoms with van der Waals surface area (Å²) >= 11 is 0. The van der Waals surface area contributed by atoms with Crippen LogP contribution in [0.4, 0.5) is 13.2 Å². The van der Waals surface area contributed by atoms with Crippen LogP contribution in [0.5, 0.6) is 0 Å². The molecule has 0 heterocycles. The van der Waals surface area contributed by atoms with Crippen LogP contribution in [-0.4, -0.2) is 29.3 Å².